The van der Waals surface area contributed by atoms with Crippen molar-refractivity contribution in [1.82, 2.24) is 20.1 Å². The van der Waals surface area contributed by atoms with Crippen LogP contribution in [0.3, 0.4) is 0 Å². The first-order valence-electron chi connectivity index (χ1n) is 6.72. The molecule has 2 heterocycles. The number of benzene rings is 1. The van der Waals surface area contributed by atoms with Crippen molar-refractivity contribution in [3.05, 3.63) is 52.2 Å². The Morgan fingerprint density at radius 3 is 2.89 bits per heavy atom. The second kappa shape index (κ2) is 5.40. The maximum atomic E-state index is 11.8. The van der Waals surface area contributed by atoms with E-state index in [-0.39, 0.29) is 5.69 Å². The number of hydrogen-bond acceptors (Lipinski definition) is 3. The van der Waals surface area contributed by atoms with Crippen molar-refractivity contribution in [2.24, 2.45) is 5.92 Å². The Morgan fingerprint density at radius 2 is 2.16 bits per heavy atom. The van der Waals surface area contributed by atoms with Crippen LogP contribution >= 0.6 is 0 Å². The van der Waals surface area contributed by atoms with Crippen LogP contribution in [0.1, 0.15) is 17.8 Å². The van der Waals surface area contributed by atoms with Gasteiger partial charge in [0.15, 0.2) is 0 Å². The number of nitrogens with zero attached hydrogens (tertiary/aromatic N) is 2. The molecule has 0 spiro atoms. The van der Waals surface area contributed by atoms with Crippen molar-refractivity contribution < 1.29 is 0 Å². The van der Waals surface area contributed by atoms with Gasteiger partial charge in [-0.15, -0.1) is 0 Å². The van der Waals surface area contributed by atoms with Gasteiger partial charge in [-0.3, -0.25) is 4.98 Å². The van der Waals surface area contributed by atoms with E-state index in [4.69, 9.17) is 0 Å². The van der Waals surface area contributed by atoms with E-state index >= 15 is 0 Å². The van der Waals surface area contributed by atoms with Crippen molar-refractivity contribution in [1.29, 1.82) is 0 Å². The highest BCUT2D eigenvalue weighted by atomic mass is 16.1. The fourth-order valence-electron chi connectivity index (χ4n) is 2.52. The van der Waals surface area contributed by atoms with Crippen LogP contribution in [0.4, 0.5) is 0 Å². The largest absolute Gasteiger partial charge is 0.343 e. The van der Waals surface area contributed by atoms with Gasteiger partial charge in [0.25, 0.3) is 0 Å². The summed E-state index contributed by atoms with van der Waals surface area (Å²) in [5.41, 5.74) is 0.968. The Morgan fingerprint density at radius 1 is 1.32 bits per heavy atom. The number of nitrogens with one attached hydrogen (secondary N) is 2. The average Bonchev–Trinajstić information content (AvgIpc) is 3.02. The van der Waals surface area contributed by atoms with Gasteiger partial charge in [-0.05, 0) is 31.0 Å². The minimum absolute atomic E-state index is 0.121. The van der Waals surface area contributed by atoms with Gasteiger partial charge < -0.3 is 5.32 Å². The van der Waals surface area contributed by atoms with Crippen molar-refractivity contribution >= 4 is 0 Å². The Hall–Kier alpha value is -1.88. The number of rotatable bonds is 4. The molecular formula is C14H18N4O. The summed E-state index contributed by atoms with van der Waals surface area (Å²) in [5, 5.41) is 7.72. The van der Waals surface area contributed by atoms with Gasteiger partial charge in [0.05, 0.1) is 6.54 Å². The summed E-state index contributed by atoms with van der Waals surface area (Å²) in [4.78, 5) is 14.7. The van der Waals surface area contributed by atoms with E-state index in [1.165, 1.54) is 4.68 Å². The van der Waals surface area contributed by atoms with Crippen LogP contribution in [0.25, 0.3) is 0 Å². The number of H-pyrrole nitrogens is 1. The molecule has 19 heavy (non-hydrogen) atoms. The third kappa shape index (κ3) is 2.93. The van der Waals surface area contributed by atoms with E-state index < -0.39 is 0 Å². The number of hydrogen-bond donors (Lipinski definition) is 2. The molecule has 100 valence electrons. The van der Waals surface area contributed by atoms with Gasteiger partial charge >= 0.3 is 5.69 Å². The SMILES string of the molecule is O=c1[nH]c(CC2CCNC2)nn1Cc1ccccc1. The first kappa shape index (κ1) is 12.2. The zero-order valence-electron chi connectivity index (χ0n) is 10.8. The van der Waals surface area contributed by atoms with E-state index in [0.29, 0.717) is 12.5 Å². The first-order valence-corrected chi connectivity index (χ1v) is 6.72. The molecule has 0 saturated carbocycles. The standard InChI is InChI=1S/C14H18N4O/c19-14-16-13(8-12-6-7-15-9-12)17-18(14)10-11-4-2-1-3-5-11/h1-5,12,15H,6-10H2,(H,16,17,19). The molecule has 3 rings (SSSR count). The van der Waals surface area contributed by atoms with Gasteiger partial charge in [-0.2, -0.15) is 5.10 Å². The lowest BCUT2D eigenvalue weighted by Gasteiger charge is -2.03. The second-order valence-electron chi connectivity index (χ2n) is 5.08. The Labute approximate surface area is 111 Å². The average molecular weight is 258 g/mol. The lowest BCUT2D eigenvalue weighted by molar-refractivity contribution is 0.554. The third-order valence-electron chi connectivity index (χ3n) is 3.55. The summed E-state index contributed by atoms with van der Waals surface area (Å²) < 4.78 is 1.51. The van der Waals surface area contributed by atoms with Crippen LogP contribution in [-0.2, 0) is 13.0 Å². The summed E-state index contributed by atoms with van der Waals surface area (Å²) >= 11 is 0. The van der Waals surface area contributed by atoms with Gasteiger partial charge in [0, 0.05) is 6.42 Å². The van der Waals surface area contributed by atoms with Gasteiger partial charge in [-0.1, -0.05) is 30.3 Å². The van der Waals surface area contributed by atoms with Crippen molar-refractivity contribution in [3.63, 3.8) is 0 Å². The predicted octanol–water partition coefficient (Wildman–Crippen LogP) is 0.772. The van der Waals surface area contributed by atoms with E-state index in [1.54, 1.807) is 0 Å². The second-order valence-corrected chi connectivity index (χ2v) is 5.08. The third-order valence-corrected chi connectivity index (χ3v) is 3.55. The van der Waals surface area contributed by atoms with Crippen molar-refractivity contribution in [2.75, 3.05) is 13.1 Å². The molecule has 1 aromatic carbocycles. The molecule has 2 N–H and O–H groups in total. The molecule has 0 bridgehead atoms. The maximum absolute atomic E-state index is 11.8. The van der Waals surface area contributed by atoms with Crippen LogP contribution in [0.2, 0.25) is 0 Å². The Bertz CT molecular complexity index is 581. The van der Waals surface area contributed by atoms with Crippen LogP contribution in [0.5, 0.6) is 0 Å². The molecule has 0 radical (unpaired) electrons. The zero-order valence-corrected chi connectivity index (χ0v) is 10.8. The van der Waals surface area contributed by atoms with E-state index in [2.05, 4.69) is 15.4 Å². The predicted molar refractivity (Wildman–Crippen MR) is 73.1 cm³/mol. The van der Waals surface area contributed by atoms with Gasteiger partial charge in [0.2, 0.25) is 0 Å². The maximum Gasteiger partial charge on any atom is 0.343 e. The van der Waals surface area contributed by atoms with Crippen LogP contribution < -0.4 is 11.0 Å². The van der Waals surface area contributed by atoms with E-state index in [9.17, 15) is 4.79 Å². The summed E-state index contributed by atoms with van der Waals surface area (Å²) in [6.07, 6.45) is 2.01. The fraction of sp³-hybridized carbons (Fsp3) is 0.429. The quantitative estimate of drug-likeness (QED) is 0.851. The molecular weight excluding hydrogens is 240 g/mol. The molecule has 1 unspecified atom stereocenters. The molecule has 1 aromatic heterocycles. The first-order chi connectivity index (χ1) is 9.31. The van der Waals surface area contributed by atoms with Crippen molar-refractivity contribution in [2.45, 2.75) is 19.4 Å². The highest BCUT2D eigenvalue weighted by Gasteiger charge is 2.17. The van der Waals surface area contributed by atoms with Crippen LogP contribution in [0, 0.1) is 5.92 Å². The Balaban J connectivity index is 1.72. The summed E-state index contributed by atoms with van der Waals surface area (Å²) in [5.74, 6) is 1.39. The lowest BCUT2D eigenvalue weighted by Crippen LogP contribution is -2.18. The fourth-order valence-corrected chi connectivity index (χ4v) is 2.52. The number of aromatic amines is 1. The van der Waals surface area contributed by atoms with Crippen LogP contribution in [-0.4, -0.2) is 27.9 Å². The molecule has 1 saturated heterocycles. The minimum Gasteiger partial charge on any atom is -0.316 e. The molecule has 0 amide bonds. The summed E-state index contributed by atoms with van der Waals surface area (Å²) in [6, 6.07) is 9.91. The highest BCUT2D eigenvalue weighted by molar-refractivity contribution is 5.14. The van der Waals surface area contributed by atoms with Crippen LogP contribution in [0.15, 0.2) is 35.1 Å². The van der Waals surface area contributed by atoms with E-state index in [1.807, 2.05) is 30.3 Å². The minimum atomic E-state index is -0.121. The summed E-state index contributed by atoms with van der Waals surface area (Å²) in [7, 11) is 0. The zero-order chi connectivity index (χ0) is 13.1. The monoisotopic (exact) mass is 258 g/mol. The normalized spacial score (nSPS) is 18.8. The molecule has 1 aliphatic heterocycles. The smallest absolute Gasteiger partial charge is 0.316 e. The molecule has 5 nitrogen and oxygen atoms in total. The molecule has 0 aliphatic carbocycles. The molecule has 2 aromatic rings. The summed E-state index contributed by atoms with van der Waals surface area (Å²) in [6.45, 7) is 2.62. The molecule has 5 heteroatoms. The molecule has 1 fully saturated rings. The topological polar surface area (TPSA) is 62.7 Å². The molecule has 1 atom stereocenters. The van der Waals surface area contributed by atoms with Gasteiger partial charge in [0.1, 0.15) is 5.82 Å². The van der Waals surface area contributed by atoms with Crippen molar-refractivity contribution in [3.8, 4) is 0 Å². The highest BCUT2D eigenvalue weighted by Crippen LogP contribution is 2.11. The lowest BCUT2D eigenvalue weighted by atomic mass is 10.1. The number of aromatic nitrogens is 3. The van der Waals surface area contributed by atoms with Gasteiger partial charge in [-0.25, -0.2) is 9.48 Å². The Kier molecular flexibility index (Phi) is 3.46. The molecule has 1 aliphatic rings. The van der Waals surface area contributed by atoms with E-state index in [0.717, 1.165) is 37.3 Å².